The van der Waals surface area contributed by atoms with Gasteiger partial charge in [-0.2, -0.15) is 10.2 Å². The molecule has 6 nitrogen and oxygen atoms in total. The Morgan fingerprint density at radius 2 is 1.75 bits per heavy atom. The van der Waals surface area contributed by atoms with Gasteiger partial charge in [-0.05, 0) is 44.2 Å². The molecule has 2 aliphatic heterocycles. The molecular weight excluding hydrogens is 300 g/mol. The van der Waals surface area contributed by atoms with Crippen LogP contribution in [0.5, 0.6) is 0 Å². The largest absolute Gasteiger partial charge is 0.261 e. The molecule has 0 radical (unpaired) electrons. The van der Waals surface area contributed by atoms with Crippen molar-refractivity contribution in [2.45, 2.75) is 44.1 Å². The van der Waals surface area contributed by atoms with Gasteiger partial charge in [0.1, 0.15) is 5.54 Å². The molecule has 2 aliphatic rings. The van der Waals surface area contributed by atoms with Crippen molar-refractivity contribution >= 4 is 0 Å². The number of hydrogen-bond acceptors (Lipinski definition) is 6. The van der Waals surface area contributed by atoms with Crippen molar-refractivity contribution in [2.24, 2.45) is 0 Å². The summed E-state index contributed by atoms with van der Waals surface area (Å²) in [4.78, 5) is 9.05. The third-order valence-electron chi connectivity index (χ3n) is 5.26. The van der Waals surface area contributed by atoms with E-state index in [1.165, 1.54) is 25.7 Å². The van der Waals surface area contributed by atoms with Gasteiger partial charge < -0.3 is 0 Å². The molecule has 24 heavy (non-hydrogen) atoms. The van der Waals surface area contributed by atoms with E-state index in [0.717, 1.165) is 43.9 Å². The zero-order valence-electron chi connectivity index (χ0n) is 14.0. The van der Waals surface area contributed by atoms with Crippen LogP contribution >= 0.6 is 0 Å². The predicted octanol–water partition coefficient (Wildman–Crippen LogP) is 2.40. The number of hydrogen-bond donors (Lipinski definition) is 0. The normalized spacial score (nSPS) is 26.3. The Morgan fingerprint density at radius 1 is 0.875 bits per heavy atom. The van der Waals surface area contributed by atoms with Gasteiger partial charge in [-0.15, -0.1) is 0 Å². The molecule has 0 spiro atoms. The minimum absolute atomic E-state index is 0.349. The maximum atomic E-state index is 4.70. The summed E-state index contributed by atoms with van der Waals surface area (Å²) in [5.41, 5.74) is 1.62. The highest BCUT2D eigenvalue weighted by molar-refractivity contribution is 5.28. The average Bonchev–Trinajstić information content (AvgIpc) is 2.70. The van der Waals surface area contributed by atoms with E-state index in [-0.39, 0.29) is 5.54 Å². The van der Waals surface area contributed by atoms with Gasteiger partial charge in [-0.25, -0.2) is 10.0 Å². The van der Waals surface area contributed by atoms with Crippen LogP contribution in [0.4, 0.5) is 0 Å². The topological polar surface area (TPSA) is 58.0 Å². The number of piperidine rings is 2. The standard InChI is InChI=1S/C18H24N6/c1-3-12-23(13-4-1)24-14-5-2-8-18(24,16-7-6-9-21-22-16)17-15-19-10-11-20-17/h6-7,9-11,15H,1-5,8,12-14H2. The third kappa shape index (κ3) is 2.70. The molecule has 0 aromatic carbocycles. The summed E-state index contributed by atoms with van der Waals surface area (Å²) < 4.78 is 0. The lowest BCUT2D eigenvalue weighted by molar-refractivity contribution is -0.129. The van der Waals surface area contributed by atoms with Gasteiger partial charge in [0.15, 0.2) is 0 Å². The molecule has 1 unspecified atom stereocenters. The first kappa shape index (κ1) is 15.6. The summed E-state index contributed by atoms with van der Waals surface area (Å²) in [5, 5.41) is 13.7. The van der Waals surface area contributed by atoms with Crippen molar-refractivity contribution in [3.8, 4) is 0 Å². The Hall–Kier alpha value is -1.92. The van der Waals surface area contributed by atoms with Gasteiger partial charge in [0.25, 0.3) is 0 Å². The van der Waals surface area contributed by atoms with Crippen LogP contribution in [0.15, 0.2) is 36.9 Å². The first-order valence-electron chi connectivity index (χ1n) is 8.98. The average molecular weight is 324 g/mol. The van der Waals surface area contributed by atoms with E-state index < -0.39 is 0 Å². The van der Waals surface area contributed by atoms with E-state index in [1.807, 2.05) is 12.3 Å². The number of rotatable bonds is 3. The maximum Gasteiger partial charge on any atom is 0.123 e. The molecule has 0 saturated carbocycles. The lowest BCUT2D eigenvalue weighted by Gasteiger charge is -2.51. The fourth-order valence-corrected chi connectivity index (χ4v) is 4.15. The van der Waals surface area contributed by atoms with Gasteiger partial charge in [0.2, 0.25) is 0 Å². The Kier molecular flexibility index (Phi) is 4.49. The summed E-state index contributed by atoms with van der Waals surface area (Å²) in [7, 11) is 0. The van der Waals surface area contributed by atoms with Gasteiger partial charge in [-0.1, -0.05) is 6.42 Å². The van der Waals surface area contributed by atoms with Crippen LogP contribution in [0.25, 0.3) is 0 Å². The van der Waals surface area contributed by atoms with E-state index in [1.54, 1.807) is 18.6 Å². The highest BCUT2D eigenvalue weighted by atomic mass is 15.7. The molecule has 0 amide bonds. The van der Waals surface area contributed by atoms with E-state index in [4.69, 9.17) is 4.98 Å². The minimum atomic E-state index is -0.349. The highest BCUT2D eigenvalue weighted by Crippen LogP contribution is 2.42. The van der Waals surface area contributed by atoms with Crippen molar-refractivity contribution in [1.82, 2.24) is 30.2 Å². The Labute approximate surface area is 142 Å². The van der Waals surface area contributed by atoms with Crippen LogP contribution in [-0.4, -0.2) is 49.8 Å². The first-order chi connectivity index (χ1) is 11.9. The van der Waals surface area contributed by atoms with E-state index in [2.05, 4.69) is 31.3 Å². The van der Waals surface area contributed by atoms with Gasteiger partial charge in [0.05, 0.1) is 17.6 Å². The molecule has 2 fully saturated rings. The van der Waals surface area contributed by atoms with E-state index >= 15 is 0 Å². The van der Waals surface area contributed by atoms with Gasteiger partial charge in [0, 0.05) is 38.2 Å². The second-order valence-corrected chi connectivity index (χ2v) is 6.65. The molecule has 0 N–H and O–H groups in total. The molecule has 1 atom stereocenters. The molecule has 4 rings (SSSR count). The summed E-state index contributed by atoms with van der Waals surface area (Å²) in [6.07, 6.45) is 14.4. The fraction of sp³-hybridized carbons (Fsp3) is 0.556. The van der Waals surface area contributed by atoms with Crippen molar-refractivity contribution in [3.63, 3.8) is 0 Å². The van der Waals surface area contributed by atoms with Crippen molar-refractivity contribution < 1.29 is 0 Å². The second kappa shape index (κ2) is 6.91. The molecular formula is C18H24N6. The highest BCUT2D eigenvalue weighted by Gasteiger charge is 2.47. The van der Waals surface area contributed by atoms with Gasteiger partial charge >= 0.3 is 0 Å². The molecule has 6 heteroatoms. The monoisotopic (exact) mass is 324 g/mol. The van der Waals surface area contributed by atoms with Crippen LogP contribution in [0.3, 0.4) is 0 Å². The number of nitrogens with zero attached hydrogens (tertiary/aromatic N) is 6. The second-order valence-electron chi connectivity index (χ2n) is 6.65. The number of hydrazine groups is 1. The Balaban J connectivity index is 1.83. The van der Waals surface area contributed by atoms with Crippen LogP contribution in [0.2, 0.25) is 0 Å². The SMILES string of the molecule is c1cnnc(C2(c3cnccn3)CCCCN2N2CCCCC2)c1. The fourth-order valence-electron chi connectivity index (χ4n) is 4.15. The number of aromatic nitrogens is 4. The molecule has 0 bridgehead atoms. The summed E-state index contributed by atoms with van der Waals surface area (Å²) >= 11 is 0. The Bertz CT molecular complexity index is 602. The zero-order valence-corrected chi connectivity index (χ0v) is 14.0. The molecule has 4 heterocycles. The summed E-state index contributed by atoms with van der Waals surface area (Å²) in [6, 6.07) is 4.06. The van der Waals surface area contributed by atoms with Gasteiger partial charge in [-0.3, -0.25) is 9.97 Å². The Morgan fingerprint density at radius 3 is 2.50 bits per heavy atom. The van der Waals surface area contributed by atoms with Crippen LogP contribution in [0, 0.1) is 0 Å². The molecule has 2 aromatic heterocycles. The van der Waals surface area contributed by atoms with Crippen molar-refractivity contribution in [1.29, 1.82) is 0 Å². The third-order valence-corrected chi connectivity index (χ3v) is 5.26. The smallest absolute Gasteiger partial charge is 0.123 e. The maximum absolute atomic E-state index is 4.70. The minimum Gasteiger partial charge on any atom is -0.261 e. The first-order valence-corrected chi connectivity index (χ1v) is 8.98. The van der Waals surface area contributed by atoms with Crippen LogP contribution in [0.1, 0.15) is 49.9 Å². The van der Waals surface area contributed by atoms with E-state index in [9.17, 15) is 0 Å². The lowest BCUT2D eigenvalue weighted by Crippen LogP contribution is -2.60. The van der Waals surface area contributed by atoms with Crippen LogP contribution in [-0.2, 0) is 5.54 Å². The lowest BCUT2D eigenvalue weighted by atomic mass is 9.81. The van der Waals surface area contributed by atoms with Crippen molar-refractivity contribution in [2.75, 3.05) is 19.6 Å². The van der Waals surface area contributed by atoms with E-state index in [0.29, 0.717) is 0 Å². The molecule has 2 saturated heterocycles. The summed E-state index contributed by atoms with van der Waals surface area (Å²) in [6.45, 7) is 3.26. The van der Waals surface area contributed by atoms with Crippen LogP contribution < -0.4 is 0 Å². The zero-order chi connectivity index (χ0) is 16.2. The quantitative estimate of drug-likeness (QED) is 0.864. The predicted molar refractivity (Wildman–Crippen MR) is 90.8 cm³/mol. The summed E-state index contributed by atoms with van der Waals surface area (Å²) in [5.74, 6) is 0. The van der Waals surface area contributed by atoms with Crippen molar-refractivity contribution in [3.05, 3.63) is 48.3 Å². The molecule has 0 aliphatic carbocycles. The molecule has 126 valence electrons. The molecule has 2 aromatic rings.